The molecule has 0 radical (unpaired) electrons. The van der Waals surface area contributed by atoms with E-state index in [1.165, 1.54) is 77.0 Å². The molecule has 0 rings (SSSR count). The molecule has 0 fully saturated rings. The van der Waals surface area contributed by atoms with Crippen LogP contribution in [0.3, 0.4) is 0 Å². The van der Waals surface area contributed by atoms with Crippen molar-refractivity contribution in [3.8, 4) is 0 Å². The fraction of sp³-hybridized carbons (Fsp3) is 0.925. The zero-order valence-corrected chi connectivity index (χ0v) is 47.2. The molecule has 0 saturated carbocycles. The lowest BCUT2D eigenvalue weighted by atomic mass is 10.1. The van der Waals surface area contributed by atoms with Gasteiger partial charge in [-0.05, 0) is 25.7 Å². The number of phosphoric ester groups is 2. The maximum absolute atomic E-state index is 12.8. The van der Waals surface area contributed by atoms with Gasteiger partial charge in [-0.15, -0.1) is 0 Å². The van der Waals surface area contributed by atoms with Crippen molar-refractivity contribution in [2.45, 2.75) is 277 Å². The Kier molecular flexibility index (Phi) is 47.4. The lowest BCUT2D eigenvalue weighted by Gasteiger charge is -2.21. The zero-order chi connectivity index (χ0) is 53.4. The Hall–Kier alpha value is -1.94. The molecule has 0 amide bonds. The molecule has 0 aliphatic rings. The van der Waals surface area contributed by atoms with Crippen LogP contribution in [-0.2, 0) is 65.4 Å². The second-order valence-corrected chi connectivity index (χ2v) is 22.2. The van der Waals surface area contributed by atoms with Gasteiger partial charge in [0.1, 0.15) is 19.3 Å². The van der Waals surface area contributed by atoms with Crippen molar-refractivity contribution in [1.82, 2.24) is 0 Å². The smallest absolute Gasteiger partial charge is 0.462 e. The Bertz CT molecular complexity index is 1420. The van der Waals surface area contributed by atoms with Crippen LogP contribution in [0.4, 0.5) is 0 Å². The highest BCUT2D eigenvalue weighted by Gasteiger charge is 2.30. The molecule has 0 aromatic heterocycles. The SMILES string of the molecule is CCCCCCCCCCCCC(=O)O[C@H](COC(=O)CCCCCCCCCCC)COP(=O)(O)OC[C@@H](O)COP(=O)(O)OC[C@@H](COC(=O)CCCCCCC)OC(=O)CCCCCCCCCC. The van der Waals surface area contributed by atoms with E-state index in [0.29, 0.717) is 25.7 Å². The first-order valence-corrected chi connectivity index (χ1v) is 31.3. The third kappa shape index (κ3) is 47.8. The van der Waals surface area contributed by atoms with Gasteiger partial charge in [-0.2, -0.15) is 0 Å². The molecule has 0 heterocycles. The first-order valence-electron chi connectivity index (χ1n) is 28.3. The second kappa shape index (κ2) is 48.7. The van der Waals surface area contributed by atoms with Gasteiger partial charge < -0.3 is 33.8 Å². The monoisotopic (exact) mass is 1070 g/mol. The fourth-order valence-corrected chi connectivity index (χ4v) is 9.27. The van der Waals surface area contributed by atoms with Crippen LogP contribution in [0.2, 0.25) is 0 Å². The molecule has 2 unspecified atom stereocenters. The molecule has 0 aromatic carbocycles. The van der Waals surface area contributed by atoms with E-state index < -0.39 is 97.5 Å². The quantitative estimate of drug-likeness (QED) is 0.0222. The number of carbonyl (C=O) groups is 4. The van der Waals surface area contributed by atoms with Crippen LogP contribution in [0.15, 0.2) is 0 Å². The van der Waals surface area contributed by atoms with E-state index in [4.69, 9.17) is 37.0 Å². The number of aliphatic hydroxyl groups excluding tert-OH is 1. The maximum Gasteiger partial charge on any atom is 0.472 e. The van der Waals surface area contributed by atoms with Crippen LogP contribution in [0, 0.1) is 0 Å². The van der Waals surface area contributed by atoms with E-state index in [-0.39, 0.29) is 25.7 Å². The van der Waals surface area contributed by atoms with E-state index in [2.05, 4.69) is 27.7 Å². The van der Waals surface area contributed by atoms with Crippen LogP contribution in [0.25, 0.3) is 0 Å². The summed E-state index contributed by atoms with van der Waals surface area (Å²) in [6, 6.07) is 0. The number of ether oxygens (including phenoxy) is 4. The van der Waals surface area contributed by atoms with Gasteiger partial charge in [0.25, 0.3) is 0 Å². The highest BCUT2D eigenvalue weighted by molar-refractivity contribution is 7.47. The van der Waals surface area contributed by atoms with E-state index in [0.717, 1.165) is 103 Å². The maximum atomic E-state index is 12.8. The molecule has 5 atom stereocenters. The van der Waals surface area contributed by atoms with Crippen LogP contribution < -0.4 is 0 Å². The number of hydrogen-bond donors (Lipinski definition) is 3. The minimum atomic E-state index is -4.93. The molecule has 0 saturated heterocycles. The fourth-order valence-electron chi connectivity index (χ4n) is 7.69. The molecule has 426 valence electrons. The number of phosphoric acid groups is 2. The standard InChI is InChI=1S/C53H102O17P2/c1-5-9-13-17-20-23-25-28-32-36-40-53(58)70-49(44-64-51(56)38-34-30-27-24-21-18-14-10-6-2)46-68-72(61,62)66-42-47(54)41-65-71(59,60)67-45-48(43-63-50(55)37-33-29-16-12-8-4)69-52(57)39-35-31-26-22-19-15-11-7-3/h47-49,54H,5-46H2,1-4H3,(H,59,60)(H,61,62)/t47-,48+,49+/m0/s1. The van der Waals surface area contributed by atoms with E-state index in [9.17, 15) is 43.2 Å². The lowest BCUT2D eigenvalue weighted by Crippen LogP contribution is -2.30. The predicted octanol–water partition coefficient (Wildman–Crippen LogP) is 13.6. The molecular formula is C53H102O17P2. The van der Waals surface area contributed by atoms with Crippen molar-refractivity contribution in [1.29, 1.82) is 0 Å². The Morgan fingerprint density at radius 2 is 0.556 bits per heavy atom. The average Bonchev–Trinajstić information content (AvgIpc) is 3.35. The van der Waals surface area contributed by atoms with Crippen molar-refractivity contribution in [2.24, 2.45) is 0 Å². The summed E-state index contributed by atoms with van der Waals surface area (Å²) in [6.07, 6.45) is 29.7. The van der Waals surface area contributed by atoms with Gasteiger partial charge in [-0.25, -0.2) is 9.13 Å². The summed E-state index contributed by atoms with van der Waals surface area (Å²) in [4.78, 5) is 71.3. The zero-order valence-electron chi connectivity index (χ0n) is 45.4. The number of hydrogen-bond acceptors (Lipinski definition) is 15. The molecule has 0 bridgehead atoms. The Morgan fingerprint density at radius 3 is 0.819 bits per heavy atom. The molecule has 17 nitrogen and oxygen atoms in total. The van der Waals surface area contributed by atoms with Crippen LogP contribution in [0.1, 0.15) is 259 Å². The number of esters is 4. The third-order valence-electron chi connectivity index (χ3n) is 12.1. The summed E-state index contributed by atoms with van der Waals surface area (Å²) < 4.78 is 67.2. The number of rotatable bonds is 54. The number of unbranched alkanes of at least 4 members (excludes halogenated alkanes) is 28. The summed E-state index contributed by atoms with van der Waals surface area (Å²) >= 11 is 0. The minimum absolute atomic E-state index is 0.104. The molecule has 3 N–H and O–H groups in total. The Morgan fingerprint density at radius 1 is 0.333 bits per heavy atom. The highest BCUT2D eigenvalue weighted by Crippen LogP contribution is 2.45. The third-order valence-corrected chi connectivity index (χ3v) is 14.0. The van der Waals surface area contributed by atoms with Crippen molar-refractivity contribution in [3.63, 3.8) is 0 Å². The molecule has 0 aliphatic carbocycles. The summed E-state index contributed by atoms with van der Waals surface area (Å²) in [5, 5.41) is 10.4. The van der Waals surface area contributed by atoms with Crippen molar-refractivity contribution >= 4 is 39.5 Å². The highest BCUT2D eigenvalue weighted by atomic mass is 31.2. The summed E-state index contributed by atoms with van der Waals surface area (Å²) in [5.41, 5.74) is 0. The first kappa shape index (κ1) is 70.1. The van der Waals surface area contributed by atoms with Crippen LogP contribution >= 0.6 is 15.6 Å². The Balaban J connectivity index is 5.17. The average molecular weight is 1070 g/mol. The van der Waals surface area contributed by atoms with Crippen molar-refractivity contribution < 1.29 is 80.2 Å². The van der Waals surface area contributed by atoms with E-state index in [1.54, 1.807) is 0 Å². The van der Waals surface area contributed by atoms with Crippen LogP contribution in [-0.4, -0.2) is 96.7 Å². The summed E-state index contributed by atoms with van der Waals surface area (Å²) in [6.45, 7) is 4.67. The largest absolute Gasteiger partial charge is 0.472 e. The van der Waals surface area contributed by atoms with Gasteiger partial charge in [0, 0.05) is 25.7 Å². The minimum Gasteiger partial charge on any atom is -0.462 e. The second-order valence-electron chi connectivity index (χ2n) is 19.3. The Labute approximate surface area is 435 Å². The predicted molar refractivity (Wildman–Crippen MR) is 280 cm³/mol. The number of carbonyl (C=O) groups excluding carboxylic acids is 4. The van der Waals surface area contributed by atoms with Gasteiger partial charge in [0.15, 0.2) is 12.2 Å². The summed E-state index contributed by atoms with van der Waals surface area (Å²) in [7, 11) is -9.85. The normalized spacial score (nSPS) is 14.5. The topological polar surface area (TPSA) is 237 Å². The molecule has 19 heteroatoms. The first-order chi connectivity index (χ1) is 34.7. The van der Waals surface area contributed by atoms with Gasteiger partial charge in [0.05, 0.1) is 26.4 Å². The number of aliphatic hydroxyl groups is 1. The molecule has 0 aromatic rings. The molecule has 0 aliphatic heterocycles. The van der Waals surface area contributed by atoms with E-state index in [1.807, 2.05) is 0 Å². The summed E-state index contributed by atoms with van der Waals surface area (Å²) in [5.74, 6) is -2.16. The molecule has 72 heavy (non-hydrogen) atoms. The van der Waals surface area contributed by atoms with Gasteiger partial charge >= 0.3 is 39.5 Å². The van der Waals surface area contributed by atoms with E-state index >= 15 is 0 Å². The lowest BCUT2D eigenvalue weighted by molar-refractivity contribution is -0.161. The van der Waals surface area contributed by atoms with Crippen LogP contribution in [0.5, 0.6) is 0 Å². The molecular weight excluding hydrogens is 971 g/mol. The van der Waals surface area contributed by atoms with Crippen molar-refractivity contribution in [2.75, 3.05) is 39.6 Å². The van der Waals surface area contributed by atoms with Gasteiger partial charge in [-0.3, -0.25) is 37.3 Å². The molecule has 0 spiro atoms. The van der Waals surface area contributed by atoms with Crippen molar-refractivity contribution in [3.05, 3.63) is 0 Å². The van der Waals surface area contributed by atoms with Gasteiger partial charge in [-0.1, -0.05) is 207 Å². The van der Waals surface area contributed by atoms with Gasteiger partial charge in [0.2, 0.25) is 0 Å².